The van der Waals surface area contributed by atoms with E-state index in [1.165, 1.54) is 16.7 Å². The Morgan fingerprint density at radius 1 is 0.952 bits per heavy atom. The third-order valence-corrected chi connectivity index (χ3v) is 3.89. The van der Waals surface area contributed by atoms with Crippen LogP contribution in [0.3, 0.4) is 0 Å². The van der Waals surface area contributed by atoms with Gasteiger partial charge in [-0.25, -0.2) is 0 Å². The average molecular weight is 283 g/mol. The predicted molar refractivity (Wildman–Crippen MR) is 89.3 cm³/mol. The molecule has 0 aliphatic rings. The highest BCUT2D eigenvalue weighted by atomic mass is 16.5. The SMILES string of the molecule is CNC(C)c1cccc(Oc2ccc(C(C)C)c(C)c2)c1. The van der Waals surface area contributed by atoms with Crippen LogP contribution in [-0.2, 0) is 0 Å². The van der Waals surface area contributed by atoms with Gasteiger partial charge in [-0.05, 0) is 67.8 Å². The molecule has 0 fully saturated rings. The first-order valence-corrected chi connectivity index (χ1v) is 7.57. The molecule has 0 saturated heterocycles. The van der Waals surface area contributed by atoms with Crippen molar-refractivity contribution >= 4 is 0 Å². The van der Waals surface area contributed by atoms with Crippen molar-refractivity contribution in [2.75, 3.05) is 7.05 Å². The van der Waals surface area contributed by atoms with Crippen LogP contribution in [0.15, 0.2) is 42.5 Å². The summed E-state index contributed by atoms with van der Waals surface area (Å²) in [7, 11) is 1.96. The van der Waals surface area contributed by atoms with Crippen molar-refractivity contribution in [3.63, 3.8) is 0 Å². The van der Waals surface area contributed by atoms with Crippen molar-refractivity contribution in [1.29, 1.82) is 0 Å². The number of ether oxygens (including phenoxy) is 1. The van der Waals surface area contributed by atoms with Crippen molar-refractivity contribution < 1.29 is 4.74 Å². The lowest BCUT2D eigenvalue weighted by Gasteiger charge is -2.14. The smallest absolute Gasteiger partial charge is 0.127 e. The van der Waals surface area contributed by atoms with Crippen LogP contribution in [-0.4, -0.2) is 7.05 Å². The third-order valence-electron chi connectivity index (χ3n) is 3.89. The van der Waals surface area contributed by atoms with E-state index in [-0.39, 0.29) is 0 Å². The van der Waals surface area contributed by atoms with Gasteiger partial charge in [0.1, 0.15) is 11.5 Å². The van der Waals surface area contributed by atoms with Crippen molar-refractivity contribution in [3.05, 3.63) is 59.2 Å². The molecule has 0 spiro atoms. The Morgan fingerprint density at radius 3 is 2.29 bits per heavy atom. The van der Waals surface area contributed by atoms with E-state index in [2.05, 4.69) is 63.3 Å². The summed E-state index contributed by atoms with van der Waals surface area (Å²) in [6, 6.07) is 14.9. The maximum Gasteiger partial charge on any atom is 0.127 e. The van der Waals surface area contributed by atoms with E-state index in [0.29, 0.717) is 12.0 Å². The second-order valence-corrected chi connectivity index (χ2v) is 5.86. The summed E-state index contributed by atoms with van der Waals surface area (Å²) in [5, 5.41) is 3.25. The van der Waals surface area contributed by atoms with Gasteiger partial charge in [-0.3, -0.25) is 0 Å². The Labute approximate surface area is 128 Å². The molecule has 0 amide bonds. The molecule has 1 unspecified atom stereocenters. The summed E-state index contributed by atoms with van der Waals surface area (Å²) in [4.78, 5) is 0. The van der Waals surface area contributed by atoms with Crippen molar-refractivity contribution in [2.24, 2.45) is 0 Å². The zero-order chi connectivity index (χ0) is 15.4. The molecule has 2 rings (SSSR count). The molecule has 0 radical (unpaired) electrons. The Morgan fingerprint density at radius 2 is 1.67 bits per heavy atom. The fraction of sp³-hybridized carbons (Fsp3) is 0.368. The number of benzene rings is 2. The van der Waals surface area contributed by atoms with Gasteiger partial charge in [0.25, 0.3) is 0 Å². The van der Waals surface area contributed by atoms with E-state index in [9.17, 15) is 0 Å². The minimum absolute atomic E-state index is 0.318. The number of nitrogens with one attached hydrogen (secondary N) is 1. The lowest BCUT2D eigenvalue weighted by molar-refractivity contribution is 0.480. The highest BCUT2D eigenvalue weighted by Gasteiger charge is 2.07. The van der Waals surface area contributed by atoms with Gasteiger partial charge in [0.2, 0.25) is 0 Å². The van der Waals surface area contributed by atoms with E-state index in [1.54, 1.807) is 0 Å². The maximum atomic E-state index is 6.00. The van der Waals surface area contributed by atoms with Crippen molar-refractivity contribution in [3.8, 4) is 11.5 Å². The monoisotopic (exact) mass is 283 g/mol. The largest absolute Gasteiger partial charge is 0.457 e. The number of aryl methyl sites for hydroxylation is 1. The van der Waals surface area contributed by atoms with Gasteiger partial charge in [0.05, 0.1) is 0 Å². The molecule has 0 saturated carbocycles. The number of hydrogen-bond donors (Lipinski definition) is 1. The predicted octanol–water partition coefficient (Wildman–Crippen LogP) is 5.19. The molecule has 21 heavy (non-hydrogen) atoms. The zero-order valence-electron chi connectivity index (χ0n) is 13.6. The number of hydrogen-bond acceptors (Lipinski definition) is 2. The molecule has 112 valence electrons. The highest BCUT2D eigenvalue weighted by molar-refractivity contribution is 5.40. The van der Waals surface area contributed by atoms with Crippen LogP contribution < -0.4 is 10.1 Å². The van der Waals surface area contributed by atoms with Crippen LogP contribution in [0.5, 0.6) is 11.5 Å². The fourth-order valence-corrected chi connectivity index (χ4v) is 2.51. The van der Waals surface area contributed by atoms with E-state index < -0.39 is 0 Å². The first-order chi connectivity index (χ1) is 10.0. The van der Waals surface area contributed by atoms with E-state index in [0.717, 1.165) is 11.5 Å². The van der Waals surface area contributed by atoms with Crippen LogP contribution in [0.2, 0.25) is 0 Å². The molecular weight excluding hydrogens is 258 g/mol. The standard InChI is InChI=1S/C19H25NO/c1-13(2)19-10-9-18(11-14(19)3)21-17-8-6-7-16(12-17)15(4)20-5/h6-13,15,20H,1-5H3. The Bertz CT molecular complexity index is 604. The van der Waals surface area contributed by atoms with E-state index in [1.807, 2.05) is 19.2 Å². The molecule has 2 aromatic rings. The molecule has 0 aliphatic heterocycles. The molecule has 0 heterocycles. The Kier molecular flexibility index (Phi) is 5.03. The molecule has 0 bridgehead atoms. The van der Waals surface area contributed by atoms with Gasteiger partial charge in [-0.1, -0.05) is 32.0 Å². The van der Waals surface area contributed by atoms with Gasteiger partial charge < -0.3 is 10.1 Å². The summed E-state index contributed by atoms with van der Waals surface area (Å²) in [6.07, 6.45) is 0. The maximum absolute atomic E-state index is 6.00. The van der Waals surface area contributed by atoms with Crippen molar-refractivity contribution in [1.82, 2.24) is 5.32 Å². The topological polar surface area (TPSA) is 21.3 Å². The second-order valence-electron chi connectivity index (χ2n) is 5.86. The Balaban J connectivity index is 2.20. The molecule has 1 N–H and O–H groups in total. The highest BCUT2D eigenvalue weighted by Crippen LogP contribution is 2.28. The number of rotatable bonds is 5. The van der Waals surface area contributed by atoms with Gasteiger partial charge in [-0.15, -0.1) is 0 Å². The minimum Gasteiger partial charge on any atom is -0.457 e. The van der Waals surface area contributed by atoms with Crippen LogP contribution in [0, 0.1) is 6.92 Å². The third kappa shape index (κ3) is 3.85. The van der Waals surface area contributed by atoms with E-state index in [4.69, 9.17) is 4.74 Å². The summed E-state index contributed by atoms with van der Waals surface area (Å²) < 4.78 is 6.00. The van der Waals surface area contributed by atoms with Gasteiger partial charge in [0, 0.05) is 6.04 Å². The Hall–Kier alpha value is -1.80. The summed E-state index contributed by atoms with van der Waals surface area (Å²) >= 11 is 0. The van der Waals surface area contributed by atoms with Crippen molar-refractivity contribution in [2.45, 2.75) is 39.7 Å². The first-order valence-electron chi connectivity index (χ1n) is 7.57. The lowest BCUT2D eigenvalue weighted by Crippen LogP contribution is -2.12. The molecular formula is C19H25NO. The van der Waals surface area contributed by atoms with Crippen LogP contribution in [0.25, 0.3) is 0 Å². The molecule has 0 aromatic heterocycles. The zero-order valence-corrected chi connectivity index (χ0v) is 13.6. The normalized spacial score (nSPS) is 12.5. The van der Waals surface area contributed by atoms with Gasteiger partial charge in [0.15, 0.2) is 0 Å². The molecule has 2 nitrogen and oxygen atoms in total. The second kappa shape index (κ2) is 6.77. The van der Waals surface area contributed by atoms with Gasteiger partial charge in [-0.2, -0.15) is 0 Å². The van der Waals surface area contributed by atoms with Crippen LogP contribution >= 0.6 is 0 Å². The summed E-state index contributed by atoms with van der Waals surface area (Å²) in [5.41, 5.74) is 3.88. The van der Waals surface area contributed by atoms with Crippen LogP contribution in [0.4, 0.5) is 0 Å². The van der Waals surface area contributed by atoms with Crippen LogP contribution in [0.1, 0.15) is 49.4 Å². The van der Waals surface area contributed by atoms with Gasteiger partial charge >= 0.3 is 0 Å². The molecule has 0 aliphatic carbocycles. The fourth-order valence-electron chi connectivity index (χ4n) is 2.51. The summed E-state index contributed by atoms with van der Waals surface area (Å²) in [6.45, 7) is 8.71. The van der Waals surface area contributed by atoms with E-state index >= 15 is 0 Å². The summed E-state index contributed by atoms with van der Waals surface area (Å²) in [5.74, 6) is 2.32. The lowest BCUT2D eigenvalue weighted by atomic mass is 9.98. The minimum atomic E-state index is 0.318. The molecule has 2 heteroatoms. The molecule has 2 aromatic carbocycles. The molecule has 1 atom stereocenters. The first kappa shape index (κ1) is 15.6. The quantitative estimate of drug-likeness (QED) is 0.815. The average Bonchev–Trinajstić information content (AvgIpc) is 2.46.